The van der Waals surface area contributed by atoms with Crippen LogP contribution in [0.2, 0.25) is 0 Å². The maximum atomic E-state index is 12.0. The first-order chi connectivity index (χ1) is 7.94. The molecule has 0 aliphatic heterocycles. The molecule has 1 aromatic rings. The van der Waals surface area contributed by atoms with Crippen LogP contribution in [0.5, 0.6) is 0 Å². The number of hydrogen-bond acceptors (Lipinski definition) is 2. The highest BCUT2D eigenvalue weighted by atomic mass is 79.9. The molecule has 0 saturated carbocycles. The molecular formula is C13H16BrNOS. The summed E-state index contributed by atoms with van der Waals surface area (Å²) in [4.78, 5) is 0.842. The van der Waals surface area contributed by atoms with Crippen LogP contribution in [0.15, 0.2) is 33.6 Å². The van der Waals surface area contributed by atoms with Crippen molar-refractivity contribution in [3.05, 3.63) is 28.7 Å². The first-order valence-corrected chi connectivity index (χ1v) is 7.61. The lowest BCUT2D eigenvalue weighted by Crippen LogP contribution is -2.09. The second kappa shape index (κ2) is 6.32. The summed E-state index contributed by atoms with van der Waals surface area (Å²) in [7, 11) is -0.970. The van der Waals surface area contributed by atoms with E-state index >= 15 is 0 Å². The Balaban J connectivity index is 2.49. The fourth-order valence-electron chi connectivity index (χ4n) is 1.43. The van der Waals surface area contributed by atoms with Gasteiger partial charge in [0.25, 0.3) is 0 Å². The fourth-order valence-corrected chi connectivity index (χ4v) is 3.11. The molecule has 0 aliphatic carbocycles. The van der Waals surface area contributed by atoms with Crippen molar-refractivity contribution in [3.8, 4) is 6.07 Å². The largest absolute Gasteiger partial charge is 0.254 e. The number of hydrogen-bond donors (Lipinski definition) is 0. The molecule has 92 valence electrons. The molecule has 1 aromatic carbocycles. The van der Waals surface area contributed by atoms with Crippen LogP contribution in [-0.2, 0) is 10.8 Å². The second-order valence-corrected chi connectivity index (χ2v) is 7.09. The van der Waals surface area contributed by atoms with Crippen LogP contribution in [0.4, 0.5) is 0 Å². The maximum absolute atomic E-state index is 12.0. The molecule has 1 unspecified atom stereocenters. The molecule has 1 atom stereocenters. The average molecular weight is 314 g/mol. The molecule has 1 rings (SSSR count). The van der Waals surface area contributed by atoms with Crippen molar-refractivity contribution in [2.75, 3.05) is 5.75 Å². The van der Waals surface area contributed by atoms with Gasteiger partial charge in [-0.1, -0.05) is 22.0 Å². The van der Waals surface area contributed by atoms with E-state index in [1.165, 1.54) is 0 Å². The van der Waals surface area contributed by atoms with E-state index in [-0.39, 0.29) is 5.41 Å². The lowest BCUT2D eigenvalue weighted by Gasteiger charge is -2.14. The lowest BCUT2D eigenvalue weighted by atomic mass is 9.90. The molecule has 17 heavy (non-hydrogen) atoms. The van der Waals surface area contributed by atoms with Crippen molar-refractivity contribution in [2.24, 2.45) is 5.41 Å². The Labute approximate surface area is 114 Å². The topological polar surface area (TPSA) is 40.9 Å². The van der Waals surface area contributed by atoms with Gasteiger partial charge in [0.15, 0.2) is 0 Å². The molecule has 0 radical (unpaired) electrons. The molecule has 0 saturated heterocycles. The Morgan fingerprint density at radius 3 is 2.76 bits per heavy atom. The fraction of sp³-hybridized carbons (Fsp3) is 0.462. The molecule has 0 aromatic heterocycles. The predicted octanol–water partition coefficient (Wildman–Crippen LogP) is 3.89. The second-order valence-electron chi connectivity index (χ2n) is 4.61. The van der Waals surface area contributed by atoms with Crippen molar-refractivity contribution >= 4 is 26.7 Å². The summed E-state index contributed by atoms with van der Waals surface area (Å²) in [6.07, 6.45) is 1.59. The van der Waals surface area contributed by atoms with Crippen LogP contribution in [0.1, 0.15) is 26.7 Å². The van der Waals surface area contributed by atoms with Gasteiger partial charge >= 0.3 is 0 Å². The van der Waals surface area contributed by atoms with Gasteiger partial charge in [-0.2, -0.15) is 5.26 Å². The molecule has 0 aliphatic rings. The summed E-state index contributed by atoms with van der Waals surface area (Å²) in [5.41, 5.74) is -0.318. The van der Waals surface area contributed by atoms with Crippen LogP contribution in [0, 0.1) is 16.7 Å². The van der Waals surface area contributed by atoms with Crippen LogP contribution < -0.4 is 0 Å². The molecule has 0 N–H and O–H groups in total. The van der Waals surface area contributed by atoms with Gasteiger partial charge in [0.1, 0.15) is 0 Å². The summed E-state index contributed by atoms with van der Waals surface area (Å²) in [5.74, 6) is 0.613. The van der Waals surface area contributed by atoms with Gasteiger partial charge in [-0.3, -0.25) is 4.21 Å². The van der Waals surface area contributed by atoms with Crippen LogP contribution in [-0.4, -0.2) is 9.96 Å². The summed E-state index contributed by atoms with van der Waals surface area (Å²) in [6.45, 7) is 3.82. The van der Waals surface area contributed by atoms with Crippen LogP contribution in [0.25, 0.3) is 0 Å². The highest BCUT2D eigenvalue weighted by Crippen LogP contribution is 2.22. The smallest absolute Gasteiger partial charge is 0.0683 e. The maximum Gasteiger partial charge on any atom is 0.0683 e. The Kier molecular flexibility index (Phi) is 5.35. The number of rotatable bonds is 5. The Morgan fingerprint density at radius 2 is 2.18 bits per heavy atom. The first-order valence-electron chi connectivity index (χ1n) is 5.50. The van der Waals surface area contributed by atoms with Gasteiger partial charge in [0.05, 0.1) is 22.3 Å². The number of nitrogens with zero attached hydrogens (tertiary/aromatic N) is 1. The third-order valence-electron chi connectivity index (χ3n) is 2.49. The van der Waals surface area contributed by atoms with Crippen molar-refractivity contribution < 1.29 is 4.21 Å². The number of halogens is 1. The third-order valence-corrected chi connectivity index (χ3v) is 4.43. The van der Waals surface area contributed by atoms with Gasteiger partial charge < -0.3 is 0 Å². The molecule has 0 fully saturated rings. The monoisotopic (exact) mass is 313 g/mol. The van der Waals surface area contributed by atoms with E-state index in [4.69, 9.17) is 5.26 Å². The Hall–Kier alpha value is -0.660. The molecule has 4 heteroatoms. The standard InChI is InChI=1S/C13H16BrNOS/c1-13(2,10-15)7-4-8-17(16)12-6-3-5-11(14)9-12/h3,5-6,9H,4,7-8H2,1-2H3. The van der Waals surface area contributed by atoms with E-state index < -0.39 is 10.8 Å². The van der Waals surface area contributed by atoms with E-state index in [0.29, 0.717) is 5.75 Å². The highest BCUT2D eigenvalue weighted by Gasteiger charge is 2.16. The minimum absolute atomic E-state index is 0.318. The van der Waals surface area contributed by atoms with E-state index in [1.54, 1.807) is 0 Å². The van der Waals surface area contributed by atoms with Crippen molar-refractivity contribution in [3.63, 3.8) is 0 Å². The highest BCUT2D eigenvalue weighted by molar-refractivity contribution is 9.10. The van der Waals surface area contributed by atoms with E-state index in [9.17, 15) is 4.21 Å². The van der Waals surface area contributed by atoms with Gasteiger partial charge in [-0.15, -0.1) is 0 Å². The van der Waals surface area contributed by atoms with Gasteiger partial charge in [-0.25, -0.2) is 0 Å². The van der Waals surface area contributed by atoms with E-state index in [2.05, 4.69) is 22.0 Å². The SMILES string of the molecule is CC(C)(C#N)CCCS(=O)c1cccc(Br)c1. The molecule has 0 bridgehead atoms. The summed E-state index contributed by atoms with van der Waals surface area (Å²) >= 11 is 3.36. The minimum atomic E-state index is -0.970. The van der Waals surface area contributed by atoms with E-state index in [0.717, 1.165) is 22.2 Å². The molecular weight excluding hydrogens is 298 g/mol. The van der Waals surface area contributed by atoms with Crippen LogP contribution in [0.3, 0.4) is 0 Å². The zero-order valence-corrected chi connectivity index (χ0v) is 12.5. The van der Waals surface area contributed by atoms with Crippen molar-refractivity contribution in [2.45, 2.75) is 31.6 Å². The minimum Gasteiger partial charge on any atom is -0.254 e. The predicted molar refractivity (Wildman–Crippen MR) is 74.0 cm³/mol. The van der Waals surface area contributed by atoms with Gasteiger partial charge in [0.2, 0.25) is 0 Å². The third kappa shape index (κ3) is 5.01. The van der Waals surface area contributed by atoms with Gasteiger partial charge in [-0.05, 0) is 44.9 Å². The van der Waals surface area contributed by atoms with Gasteiger partial charge in [0, 0.05) is 15.1 Å². The molecule has 0 spiro atoms. The molecule has 0 heterocycles. The number of benzene rings is 1. The molecule has 0 amide bonds. The Bertz CT molecular complexity index is 451. The van der Waals surface area contributed by atoms with E-state index in [1.807, 2.05) is 38.1 Å². The molecule has 2 nitrogen and oxygen atoms in total. The van der Waals surface area contributed by atoms with Crippen LogP contribution >= 0.6 is 15.9 Å². The zero-order chi connectivity index (χ0) is 12.9. The summed E-state index contributed by atoms with van der Waals surface area (Å²) in [6, 6.07) is 9.81. The average Bonchev–Trinajstić information content (AvgIpc) is 2.28. The number of nitriles is 1. The summed E-state index contributed by atoms with van der Waals surface area (Å²) in [5, 5.41) is 8.88. The normalized spacial score (nSPS) is 13.1. The first kappa shape index (κ1) is 14.4. The Morgan fingerprint density at radius 1 is 1.47 bits per heavy atom. The summed E-state index contributed by atoms with van der Waals surface area (Å²) < 4.78 is 12.9. The van der Waals surface area contributed by atoms with Crippen molar-refractivity contribution in [1.82, 2.24) is 0 Å². The quantitative estimate of drug-likeness (QED) is 0.827. The zero-order valence-electron chi connectivity index (χ0n) is 10.1. The van der Waals surface area contributed by atoms with Crippen molar-refractivity contribution in [1.29, 1.82) is 5.26 Å². The lowest BCUT2D eigenvalue weighted by molar-refractivity contribution is 0.447.